The van der Waals surface area contributed by atoms with Crippen molar-refractivity contribution < 1.29 is 4.79 Å². The molecule has 0 unspecified atom stereocenters. The Morgan fingerprint density at radius 3 is 2.90 bits per heavy atom. The molecule has 0 atom stereocenters. The van der Waals surface area contributed by atoms with Gasteiger partial charge in [0.05, 0.1) is 5.69 Å². The predicted octanol–water partition coefficient (Wildman–Crippen LogP) is 3.77. The second-order valence-electron chi connectivity index (χ2n) is 4.62. The average molecular weight is 294 g/mol. The molecule has 1 amide bonds. The molecule has 3 nitrogen and oxygen atoms in total. The smallest absolute Gasteiger partial charge is 0.243 e. The zero-order valence-electron chi connectivity index (χ0n) is 11.4. The third-order valence-electron chi connectivity index (χ3n) is 3.23. The lowest BCUT2D eigenvalue weighted by atomic mass is 10.1. The first-order valence-electron chi connectivity index (χ1n) is 6.60. The molecule has 104 valence electrons. The SMILES string of the molecule is C=CC(=O)NCc1ccc(-c2csc3ccccc23)nc1. The van der Waals surface area contributed by atoms with Crippen molar-refractivity contribution >= 4 is 27.3 Å². The number of aromatic nitrogens is 1. The molecule has 1 N–H and O–H groups in total. The summed E-state index contributed by atoms with van der Waals surface area (Å²) in [6, 6.07) is 12.3. The van der Waals surface area contributed by atoms with E-state index < -0.39 is 0 Å². The molecule has 2 aromatic heterocycles. The van der Waals surface area contributed by atoms with Crippen LogP contribution >= 0.6 is 11.3 Å². The minimum atomic E-state index is -0.178. The van der Waals surface area contributed by atoms with Crippen LogP contribution in [0.3, 0.4) is 0 Å². The van der Waals surface area contributed by atoms with Crippen LogP contribution in [0.1, 0.15) is 5.56 Å². The quantitative estimate of drug-likeness (QED) is 0.744. The minimum Gasteiger partial charge on any atom is -0.348 e. The highest BCUT2D eigenvalue weighted by atomic mass is 32.1. The van der Waals surface area contributed by atoms with Crippen LogP contribution in [0.2, 0.25) is 0 Å². The van der Waals surface area contributed by atoms with Gasteiger partial charge in [-0.05, 0) is 23.8 Å². The highest BCUT2D eigenvalue weighted by molar-refractivity contribution is 7.17. The Morgan fingerprint density at radius 2 is 2.14 bits per heavy atom. The van der Waals surface area contributed by atoms with Crippen molar-refractivity contribution in [3.8, 4) is 11.3 Å². The van der Waals surface area contributed by atoms with Crippen LogP contribution in [-0.2, 0) is 11.3 Å². The van der Waals surface area contributed by atoms with Gasteiger partial charge >= 0.3 is 0 Å². The molecular formula is C17H14N2OS. The number of fused-ring (bicyclic) bond motifs is 1. The summed E-state index contributed by atoms with van der Waals surface area (Å²) in [5.41, 5.74) is 3.07. The average Bonchev–Trinajstić information content (AvgIpc) is 2.97. The maximum Gasteiger partial charge on any atom is 0.243 e. The van der Waals surface area contributed by atoms with E-state index in [1.807, 2.05) is 24.3 Å². The van der Waals surface area contributed by atoms with Crippen LogP contribution < -0.4 is 5.32 Å². The highest BCUT2D eigenvalue weighted by Gasteiger charge is 2.07. The van der Waals surface area contributed by atoms with Crippen LogP contribution in [-0.4, -0.2) is 10.9 Å². The first kappa shape index (κ1) is 13.5. The van der Waals surface area contributed by atoms with Gasteiger partial charge in [-0.15, -0.1) is 11.3 Å². The molecule has 0 radical (unpaired) electrons. The maximum absolute atomic E-state index is 11.1. The molecule has 21 heavy (non-hydrogen) atoms. The Labute approximate surface area is 127 Å². The Hall–Kier alpha value is -2.46. The first-order chi connectivity index (χ1) is 10.3. The Bertz CT molecular complexity index is 790. The van der Waals surface area contributed by atoms with Crippen LogP contribution in [0.5, 0.6) is 0 Å². The van der Waals surface area contributed by atoms with Gasteiger partial charge in [-0.2, -0.15) is 0 Å². The molecule has 2 heterocycles. The van der Waals surface area contributed by atoms with E-state index in [1.54, 1.807) is 17.5 Å². The van der Waals surface area contributed by atoms with Crippen molar-refractivity contribution in [2.75, 3.05) is 0 Å². The van der Waals surface area contributed by atoms with Crippen molar-refractivity contribution in [2.24, 2.45) is 0 Å². The number of carbonyl (C=O) groups excluding carboxylic acids is 1. The third-order valence-corrected chi connectivity index (χ3v) is 4.20. The molecule has 3 rings (SSSR count). The normalized spacial score (nSPS) is 10.5. The number of thiophene rings is 1. The van der Waals surface area contributed by atoms with Gasteiger partial charge in [-0.1, -0.05) is 30.8 Å². The van der Waals surface area contributed by atoms with Gasteiger partial charge < -0.3 is 5.32 Å². The molecule has 0 saturated heterocycles. The summed E-state index contributed by atoms with van der Waals surface area (Å²) in [6.07, 6.45) is 3.06. The van der Waals surface area contributed by atoms with E-state index in [0.29, 0.717) is 6.54 Å². The number of nitrogens with one attached hydrogen (secondary N) is 1. The van der Waals surface area contributed by atoms with E-state index >= 15 is 0 Å². The lowest BCUT2D eigenvalue weighted by Gasteiger charge is -2.04. The molecule has 0 aliphatic carbocycles. The third kappa shape index (κ3) is 2.85. The zero-order chi connectivity index (χ0) is 14.7. The van der Waals surface area contributed by atoms with Crippen LogP contribution in [0.25, 0.3) is 21.3 Å². The fourth-order valence-electron chi connectivity index (χ4n) is 2.13. The molecule has 0 aliphatic heterocycles. The number of nitrogens with zero attached hydrogens (tertiary/aromatic N) is 1. The molecule has 0 saturated carbocycles. The van der Waals surface area contributed by atoms with E-state index in [9.17, 15) is 4.79 Å². The molecule has 4 heteroatoms. The van der Waals surface area contributed by atoms with Gasteiger partial charge in [0.2, 0.25) is 5.91 Å². The van der Waals surface area contributed by atoms with E-state index in [4.69, 9.17) is 0 Å². The highest BCUT2D eigenvalue weighted by Crippen LogP contribution is 2.32. The van der Waals surface area contributed by atoms with E-state index in [1.165, 1.54) is 16.2 Å². The van der Waals surface area contributed by atoms with E-state index in [2.05, 4.69) is 34.4 Å². The summed E-state index contributed by atoms with van der Waals surface area (Å²) in [7, 11) is 0. The van der Waals surface area contributed by atoms with E-state index in [-0.39, 0.29) is 5.91 Å². The molecule has 0 bridgehead atoms. The zero-order valence-corrected chi connectivity index (χ0v) is 12.2. The fourth-order valence-corrected chi connectivity index (χ4v) is 3.08. The Balaban J connectivity index is 1.84. The summed E-state index contributed by atoms with van der Waals surface area (Å²) >= 11 is 1.72. The summed E-state index contributed by atoms with van der Waals surface area (Å²) in [5.74, 6) is -0.178. The lowest BCUT2D eigenvalue weighted by Crippen LogP contribution is -2.19. The maximum atomic E-state index is 11.1. The summed E-state index contributed by atoms with van der Waals surface area (Å²) in [4.78, 5) is 15.6. The largest absolute Gasteiger partial charge is 0.348 e. The van der Waals surface area contributed by atoms with Gasteiger partial charge in [0, 0.05) is 33.8 Å². The number of hydrogen-bond donors (Lipinski definition) is 1. The van der Waals surface area contributed by atoms with E-state index in [0.717, 1.165) is 16.8 Å². The van der Waals surface area contributed by atoms with Crippen LogP contribution in [0.4, 0.5) is 0 Å². The molecular weight excluding hydrogens is 280 g/mol. The summed E-state index contributed by atoms with van der Waals surface area (Å²) < 4.78 is 1.26. The van der Waals surface area contributed by atoms with Gasteiger partial charge in [0.25, 0.3) is 0 Å². The van der Waals surface area contributed by atoms with Crippen molar-refractivity contribution in [1.29, 1.82) is 0 Å². The number of amides is 1. The standard InChI is InChI=1S/C17H14N2OS/c1-2-17(20)19-10-12-7-8-15(18-9-12)14-11-21-16-6-4-3-5-13(14)16/h2-9,11H,1,10H2,(H,19,20). The number of pyridine rings is 1. The topological polar surface area (TPSA) is 42.0 Å². The van der Waals surface area contributed by atoms with Gasteiger partial charge in [0.15, 0.2) is 0 Å². The Kier molecular flexibility index (Phi) is 3.79. The van der Waals surface area contributed by atoms with Crippen LogP contribution in [0, 0.1) is 0 Å². The summed E-state index contributed by atoms with van der Waals surface area (Å²) in [5, 5.41) is 6.09. The number of carbonyl (C=O) groups is 1. The number of benzene rings is 1. The van der Waals surface area contributed by atoms with Crippen molar-refractivity contribution in [1.82, 2.24) is 10.3 Å². The first-order valence-corrected chi connectivity index (χ1v) is 7.47. The molecule has 0 spiro atoms. The van der Waals surface area contributed by atoms with Crippen LogP contribution in [0.15, 0.2) is 60.6 Å². The number of hydrogen-bond acceptors (Lipinski definition) is 3. The second-order valence-corrected chi connectivity index (χ2v) is 5.53. The van der Waals surface area contributed by atoms with Gasteiger partial charge in [-0.25, -0.2) is 0 Å². The monoisotopic (exact) mass is 294 g/mol. The minimum absolute atomic E-state index is 0.178. The van der Waals surface area contributed by atoms with Gasteiger partial charge in [-0.3, -0.25) is 9.78 Å². The van der Waals surface area contributed by atoms with Crippen molar-refractivity contribution in [3.05, 3.63) is 66.2 Å². The lowest BCUT2D eigenvalue weighted by molar-refractivity contribution is -0.116. The predicted molar refractivity (Wildman–Crippen MR) is 87.1 cm³/mol. The number of rotatable bonds is 4. The van der Waals surface area contributed by atoms with Crippen molar-refractivity contribution in [3.63, 3.8) is 0 Å². The summed E-state index contributed by atoms with van der Waals surface area (Å²) in [6.45, 7) is 3.88. The molecule has 1 aromatic carbocycles. The second kappa shape index (κ2) is 5.89. The molecule has 3 aromatic rings. The molecule has 0 aliphatic rings. The fraction of sp³-hybridized carbons (Fsp3) is 0.0588. The molecule has 0 fully saturated rings. The Morgan fingerprint density at radius 1 is 1.29 bits per heavy atom. The van der Waals surface area contributed by atoms with Crippen molar-refractivity contribution in [2.45, 2.75) is 6.54 Å². The van der Waals surface area contributed by atoms with Gasteiger partial charge in [0.1, 0.15) is 0 Å².